The van der Waals surface area contributed by atoms with Crippen LogP contribution < -0.4 is 0 Å². The van der Waals surface area contributed by atoms with Gasteiger partial charge in [0.05, 0.1) is 0 Å². The van der Waals surface area contributed by atoms with Crippen molar-refractivity contribution in [3.8, 4) is 0 Å². The molecule has 1 unspecified atom stereocenters. The third-order valence-corrected chi connectivity index (χ3v) is 3.86. The SMILES string of the molecule is CN1CCCC1(Cc1ccccc1)C(=O)OCC(=O)O. The molecule has 1 fully saturated rings. The van der Waals surface area contributed by atoms with Gasteiger partial charge in [-0.25, -0.2) is 4.79 Å². The maximum Gasteiger partial charge on any atom is 0.341 e. The average Bonchev–Trinajstić information content (AvgIpc) is 2.79. The molecule has 0 spiro atoms. The van der Waals surface area contributed by atoms with Gasteiger partial charge in [0.15, 0.2) is 6.61 Å². The van der Waals surface area contributed by atoms with Crippen LogP contribution in [0.25, 0.3) is 0 Å². The number of likely N-dealkylation sites (N-methyl/N-ethyl adjacent to an activating group) is 1. The maximum absolute atomic E-state index is 12.4. The van der Waals surface area contributed by atoms with Crippen molar-refractivity contribution in [2.45, 2.75) is 24.8 Å². The van der Waals surface area contributed by atoms with Crippen LogP contribution in [0, 0.1) is 0 Å². The van der Waals surface area contributed by atoms with Gasteiger partial charge >= 0.3 is 11.9 Å². The summed E-state index contributed by atoms with van der Waals surface area (Å²) in [5.74, 6) is -1.57. The third kappa shape index (κ3) is 2.99. The van der Waals surface area contributed by atoms with Crippen molar-refractivity contribution in [3.63, 3.8) is 0 Å². The Morgan fingerprint density at radius 2 is 2.05 bits per heavy atom. The average molecular weight is 277 g/mol. The predicted octanol–water partition coefficient (Wildman–Crippen LogP) is 1.32. The summed E-state index contributed by atoms with van der Waals surface area (Å²) in [6.45, 7) is 0.234. The molecule has 1 aromatic carbocycles. The zero-order valence-corrected chi connectivity index (χ0v) is 11.5. The molecule has 5 nitrogen and oxygen atoms in total. The van der Waals surface area contributed by atoms with Crippen molar-refractivity contribution in [3.05, 3.63) is 35.9 Å². The van der Waals surface area contributed by atoms with E-state index < -0.39 is 24.1 Å². The van der Waals surface area contributed by atoms with Crippen LogP contribution in [0.5, 0.6) is 0 Å². The molecule has 0 aliphatic carbocycles. The Hall–Kier alpha value is -1.88. The number of ether oxygens (including phenoxy) is 1. The molecular formula is C15H19NO4. The van der Waals surface area contributed by atoms with Gasteiger partial charge in [0.25, 0.3) is 0 Å². The lowest BCUT2D eigenvalue weighted by atomic mass is 9.88. The highest BCUT2D eigenvalue weighted by Crippen LogP contribution is 2.32. The fraction of sp³-hybridized carbons (Fsp3) is 0.467. The number of carboxylic acids is 1. The zero-order chi connectivity index (χ0) is 14.6. The van der Waals surface area contributed by atoms with Crippen LogP contribution in [0.1, 0.15) is 18.4 Å². The predicted molar refractivity (Wildman–Crippen MR) is 73.3 cm³/mol. The topological polar surface area (TPSA) is 66.8 Å². The third-order valence-electron chi connectivity index (χ3n) is 3.86. The van der Waals surface area contributed by atoms with E-state index in [9.17, 15) is 9.59 Å². The number of carboxylic acid groups (broad SMARTS) is 1. The Labute approximate surface area is 118 Å². The Bertz CT molecular complexity index is 488. The second-order valence-electron chi connectivity index (χ2n) is 5.19. The summed E-state index contributed by atoms with van der Waals surface area (Å²) in [6.07, 6.45) is 2.14. The van der Waals surface area contributed by atoms with Gasteiger partial charge in [-0.05, 0) is 32.0 Å². The quantitative estimate of drug-likeness (QED) is 0.822. The molecule has 0 amide bonds. The highest BCUT2D eigenvalue weighted by atomic mass is 16.6. The zero-order valence-electron chi connectivity index (χ0n) is 11.5. The maximum atomic E-state index is 12.4. The summed E-state index contributed by atoms with van der Waals surface area (Å²) < 4.78 is 4.95. The lowest BCUT2D eigenvalue weighted by molar-refractivity contribution is -0.163. The van der Waals surface area contributed by atoms with Gasteiger partial charge in [-0.1, -0.05) is 30.3 Å². The first-order valence-electron chi connectivity index (χ1n) is 6.69. The summed E-state index contributed by atoms with van der Waals surface area (Å²) >= 11 is 0. The number of benzene rings is 1. The molecule has 20 heavy (non-hydrogen) atoms. The number of likely N-dealkylation sites (tertiary alicyclic amines) is 1. The van der Waals surface area contributed by atoms with Crippen LogP contribution in [0.3, 0.4) is 0 Å². The molecule has 0 aromatic heterocycles. The second-order valence-corrected chi connectivity index (χ2v) is 5.19. The van der Waals surface area contributed by atoms with Crippen LogP contribution in [0.4, 0.5) is 0 Å². The van der Waals surface area contributed by atoms with Crippen molar-refractivity contribution in [2.75, 3.05) is 20.2 Å². The highest BCUT2D eigenvalue weighted by molar-refractivity contribution is 5.83. The normalized spacial score (nSPS) is 22.6. The molecule has 0 bridgehead atoms. The fourth-order valence-corrected chi connectivity index (χ4v) is 2.76. The van der Waals surface area contributed by atoms with E-state index in [0.717, 1.165) is 18.5 Å². The van der Waals surface area contributed by atoms with Crippen LogP contribution >= 0.6 is 0 Å². The number of rotatable bonds is 5. The molecule has 1 atom stereocenters. The molecule has 5 heteroatoms. The summed E-state index contributed by atoms with van der Waals surface area (Å²) in [4.78, 5) is 24.9. The van der Waals surface area contributed by atoms with Crippen molar-refractivity contribution in [2.24, 2.45) is 0 Å². The highest BCUT2D eigenvalue weighted by Gasteiger charge is 2.47. The number of hydrogen-bond acceptors (Lipinski definition) is 4. The van der Waals surface area contributed by atoms with Crippen molar-refractivity contribution < 1.29 is 19.4 Å². The molecule has 108 valence electrons. The van der Waals surface area contributed by atoms with Crippen LogP contribution in [0.2, 0.25) is 0 Å². The Morgan fingerprint density at radius 3 is 2.60 bits per heavy atom. The van der Waals surface area contributed by atoms with Crippen LogP contribution in [-0.2, 0) is 20.7 Å². The van der Waals surface area contributed by atoms with Gasteiger partial charge in [-0.15, -0.1) is 0 Å². The molecular weight excluding hydrogens is 258 g/mol. The van der Waals surface area contributed by atoms with E-state index in [-0.39, 0.29) is 0 Å². The molecule has 1 aliphatic heterocycles. The number of esters is 1. The monoisotopic (exact) mass is 277 g/mol. The molecule has 1 aromatic rings. The van der Waals surface area contributed by atoms with E-state index in [1.54, 1.807) is 0 Å². The van der Waals surface area contributed by atoms with E-state index >= 15 is 0 Å². The summed E-state index contributed by atoms with van der Waals surface area (Å²) in [6, 6.07) is 9.73. The first kappa shape index (κ1) is 14.5. The molecule has 1 heterocycles. The smallest absolute Gasteiger partial charge is 0.341 e. The van der Waals surface area contributed by atoms with Crippen molar-refractivity contribution >= 4 is 11.9 Å². The van der Waals surface area contributed by atoms with E-state index in [0.29, 0.717) is 12.8 Å². The first-order chi connectivity index (χ1) is 9.54. The fourth-order valence-electron chi connectivity index (χ4n) is 2.76. The molecule has 1 N–H and O–H groups in total. The first-order valence-corrected chi connectivity index (χ1v) is 6.69. The summed E-state index contributed by atoms with van der Waals surface area (Å²) in [5, 5.41) is 8.65. The van der Waals surface area contributed by atoms with Gasteiger partial charge in [-0.3, -0.25) is 9.69 Å². The minimum absolute atomic E-state index is 0.441. The lowest BCUT2D eigenvalue weighted by Gasteiger charge is -2.33. The Morgan fingerprint density at radius 1 is 1.35 bits per heavy atom. The van der Waals surface area contributed by atoms with E-state index in [4.69, 9.17) is 9.84 Å². The Kier molecular flexibility index (Phi) is 4.39. The molecule has 0 radical (unpaired) electrons. The molecule has 2 rings (SSSR count). The van der Waals surface area contributed by atoms with Gasteiger partial charge in [0.2, 0.25) is 0 Å². The minimum atomic E-state index is -1.13. The van der Waals surface area contributed by atoms with E-state index in [1.807, 2.05) is 42.3 Å². The second kappa shape index (κ2) is 6.05. The van der Waals surface area contributed by atoms with Gasteiger partial charge < -0.3 is 9.84 Å². The van der Waals surface area contributed by atoms with E-state index in [1.165, 1.54) is 0 Å². The lowest BCUT2D eigenvalue weighted by Crippen LogP contribution is -2.51. The number of hydrogen-bond donors (Lipinski definition) is 1. The number of carbonyl (C=O) groups excluding carboxylic acids is 1. The standard InChI is InChI=1S/C15H19NO4/c1-16-9-5-8-15(16,14(19)20-11-13(17)18)10-12-6-3-2-4-7-12/h2-4,6-7H,5,8-11H2,1H3,(H,17,18). The Balaban J connectivity index is 2.18. The molecule has 1 aliphatic rings. The largest absolute Gasteiger partial charge is 0.479 e. The summed E-state index contributed by atoms with van der Waals surface area (Å²) in [7, 11) is 1.89. The number of nitrogens with zero attached hydrogens (tertiary/aromatic N) is 1. The van der Waals surface area contributed by atoms with Gasteiger partial charge in [0.1, 0.15) is 5.54 Å². The molecule has 0 saturated carbocycles. The number of carbonyl (C=O) groups is 2. The molecule has 1 saturated heterocycles. The van der Waals surface area contributed by atoms with Crippen molar-refractivity contribution in [1.82, 2.24) is 4.90 Å². The van der Waals surface area contributed by atoms with E-state index in [2.05, 4.69) is 0 Å². The van der Waals surface area contributed by atoms with Crippen LogP contribution in [0.15, 0.2) is 30.3 Å². The van der Waals surface area contributed by atoms with Gasteiger partial charge in [-0.2, -0.15) is 0 Å². The van der Waals surface area contributed by atoms with Crippen molar-refractivity contribution in [1.29, 1.82) is 0 Å². The van der Waals surface area contributed by atoms with Crippen LogP contribution in [-0.4, -0.2) is 47.7 Å². The number of aliphatic carboxylic acids is 1. The summed E-state index contributed by atoms with van der Waals surface area (Å²) in [5.41, 5.74) is 0.310. The van der Waals surface area contributed by atoms with Gasteiger partial charge in [0, 0.05) is 6.42 Å². The minimum Gasteiger partial charge on any atom is -0.479 e.